The number of aromatic amines is 1. The molecule has 0 bridgehead atoms. The van der Waals surface area contributed by atoms with E-state index in [9.17, 15) is 4.79 Å². The van der Waals surface area contributed by atoms with Gasteiger partial charge in [-0.25, -0.2) is 0 Å². The number of nitrogens with zero attached hydrogens (tertiary/aromatic N) is 2. The van der Waals surface area contributed by atoms with Gasteiger partial charge in [0.05, 0.1) is 0 Å². The van der Waals surface area contributed by atoms with Gasteiger partial charge in [-0.2, -0.15) is 5.10 Å². The minimum absolute atomic E-state index is 0.0693. The summed E-state index contributed by atoms with van der Waals surface area (Å²) < 4.78 is 0. The molecule has 4 heteroatoms. The van der Waals surface area contributed by atoms with Crippen molar-refractivity contribution in [2.24, 2.45) is 0 Å². The lowest BCUT2D eigenvalue weighted by atomic mass is 9.87. The SMILES string of the molecule is CCCc1cc(C(=O)N(CCC)[C@@H]2CCc3ccccc3C2)n[nH]1. The number of aryl methyl sites for hydroxylation is 2. The van der Waals surface area contributed by atoms with Crippen LogP contribution in [0.1, 0.15) is 60.4 Å². The number of amides is 1. The van der Waals surface area contributed by atoms with Crippen LogP contribution in [0, 0.1) is 0 Å². The van der Waals surface area contributed by atoms with E-state index >= 15 is 0 Å². The van der Waals surface area contributed by atoms with Gasteiger partial charge in [-0.1, -0.05) is 44.5 Å². The Morgan fingerprint density at radius 1 is 1.25 bits per heavy atom. The second-order valence-electron chi connectivity index (χ2n) is 6.69. The molecule has 4 nitrogen and oxygen atoms in total. The van der Waals surface area contributed by atoms with E-state index in [0.717, 1.165) is 50.8 Å². The van der Waals surface area contributed by atoms with Crippen molar-refractivity contribution in [1.29, 1.82) is 0 Å². The zero-order chi connectivity index (χ0) is 16.9. The molecule has 0 saturated heterocycles. The first kappa shape index (κ1) is 16.7. The summed E-state index contributed by atoms with van der Waals surface area (Å²) in [4.78, 5) is 15.1. The number of carbonyl (C=O) groups excluding carboxylic acids is 1. The van der Waals surface area contributed by atoms with Gasteiger partial charge >= 0.3 is 0 Å². The van der Waals surface area contributed by atoms with Crippen molar-refractivity contribution < 1.29 is 4.79 Å². The van der Waals surface area contributed by atoms with E-state index in [1.54, 1.807) is 0 Å². The Morgan fingerprint density at radius 2 is 2.04 bits per heavy atom. The van der Waals surface area contributed by atoms with Gasteiger partial charge < -0.3 is 4.90 Å². The highest BCUT2D eigenvalue weighted by atomic mass is 16.2. The van der Waals surface area contributed by atoms with Crippen LogP contribution in [0.15, 0.2) is 30.3 Å². The predicted octanol–water partition coefficient (Wildman–Crippen LogP) is 3.77. The third-order valence-electron chi connectivity index (χ3n) is 4.86. The number of H-pyrrole nitrogens is 1. The van der Waals surface area contributed by atoms with E-state index in [4.69, 9.17) is 0 Å². The maximum atomic E-state index is 13.0. The van der Waals surface area contributed by atoms with Crippen LogP contribution in [0.25, 0.3) is 0 Å². The number of nitrogens with one attached hydrogen (secondary N) is 1. The molecule has 128 valence electrons. The Kier molecular flexibility index (Phi) is 5.34. The molecular formula is C20H27N3O. The molecule has 0 aliphatic heterocycles. The van der Waals surface area contributed by atoms with E-state index in [1.807, 2.05) is 11.0 Å². The highest BCUT2D eigenvalue weighted by Crippen LogP contribution is 2.25. The lowest BCUT2D eigenvalue weighted by Crippen LogP contribution is -2.44. The highest BCUT2D eigenvalue weighted by Gasteiger charge is 2.28. The Labute approximate surface area is 144 Å². The molecule has 0 radical (unpaired) electrons. The van der Waals surface area contributed by atoms with E-state index < -0.39 is 0 Å². The van der Waals surface area contributed by atoms with Crippen molar-refractivity contribution in [3.05, 3.63) is 52.8 Å². The predicted molar refractivity (Wildman–Crippen MR) is 96.2 cm³/mol. The second kappa shape index (κ2) is 7.65. The molecule has 1 aliphatic rings. The van der Waals surface area contributed by atoms with E-state index in [2.05, 4.69) is 48.3 Å². The van der Waals surface area contributed by atoms with Crippen LogP contribution in [-0.2, 0) is 19.3 Å². The number of hydrogen-bond donors (Lipinski definition) is 1. The molecule has 0 unspecified atom stereocenters. The number of hydrogen-bond acceptors (Lipinski definition) is 2. The Balaban J connectivity index is 1.78. The van der Waals surface area contributed by atoms with Crippen molar-refractivity contribution in [2.75, 3.05) is 6.54 Å². The Bertz CT molecular complexity index is 692. The average Bonchev–Trinajstić information content (AvgIpc) is 3.08. The molecule has 1 atom stereocenters. The van der Waals surface area contributed by atoms with E-state index in [0.29, 0.717) is 5.69 Å². The fourth-order valence-electron chi connectivity index (χ4n) is 3.65. The summed E-state index contributed by atoms with van der Waals surface area (Å²) in [5.74, 6) is 0.0693. The molecule has 2 aromatic rings. The first-order valence-electron chi connectivity index (χ1n) is 9.15. The van der Waals surface area contributed by atoms with E-state index in [-0.39, 0.29) is 11.9 Å². The topological polar surface area (TPSA) is 49.0 Å². The Hall–Kier alpha value is -2.10. The molecule has 1 N–H and O–H groups in total. The van der Waals surface area contributed by atoms with Gasteiger partial charge in [0.2, 0.25) is 0 Å². The summed E-state index contributed by atoms with van der Waals surface area (Å²) >= 11 is 0. The van der Waals surface area contributed by atoms with Gasteiger partial charge in [0, 0.05) is 18.3 Å². The van der Waals surface area contributed by atoms with Gasteiger partial charge in [0.15, 0.2) is 0 Å². The number of benzene rings is 1. The van der Waals surface area contributed by atoms with Gasteiger partial charge in [-0.05, 0) is 49.3 Å². The number of carbonyl (C=O) groups is 1. The summed E-state index contributed by atoms with van der Waals surface area (Å²) in [6.07, 6.45) is 5.99. The zero-order valence-electron chi connectivity index (χ0n) is 14.7. The number of rotatable bonds is 6. The molecule has 1 heterocycles. The van der Waals surface area contributed by atoms with E-state index in [1.165, 1.54) is 11.1 Å². The molecule has 0 spiro atoms. The summed E-state index contributed by atoms with van der Waals surface area (Å²) in [7, 11) is 0. The molecule has 24 heavy (non-hydrogen) atoms. The summed E-state index contributed by atoms with van der Waals surface area (Å²) in [6, 6.07) is 10.8. The molecular weight excluding hydrogens is 298 g/mol. The quantitative estimate of drug-likeness (QED) is 0.879. The lowest BCUT2D eigenvalue weighted by Gasteiger charge is -2.34. The van der Waals surface area contributed by atoms with Crippen molar-refractivity contribution in [1.82, 2.24) is 15.1 Å². The second-order valence-corrected chi connectivity index (χ2v) is 6.69. The summed E-state index contributed by atoms with van der Waals surface area (Å²) in [5.41, 5.74) is 4.43. The van der Waals surface area contributed by atoms with Crippen LogP contribution in [-0.4, -0.2) is 33.6 Å². The molecule has 1 aliphatic carbocycles. The smallest absolute Gasteiger partial charge is 0.274 e. The van der Waals surface area contributed by atoms with Gasteiger partial charge in [-0.3, -0.25) is 9.89 Å². The highest BCUT2D eigenvalue weighted by molar-refractivity contribution is 5.92. The molecule has 1 aromatic heterocycles. The molecule has 0 saturated carbocycles. The summed E-state index contributed by atoms with van der Waals surface area (Å²) in [6.45, 7) is 5.05. The van der Waals surface area contributed by atoms with Gasteiger partial charge in [0.25, 0.3) is 5.91 Å². The largest absolute Gasteiger partial charge is 0.334 e. The normalized spacial score (nSPS) is 16.7. The lowest BCUT2D eigenvalue weighted by molar-refractivity contribution is 0.0655. The molecule has 0 fully saturated rings. The van der Waals surface area contributed by atoms with Gasteiger partial charge in [-0.15, -0.1) is 0 Å². The van der Waals surface area contributed by atoms with Gasteiger partial charge in [0.1, 0.15) is 5.69 Å². The maximum Gasteiger partial charge on any atom is 0.274 e. The van der Waals surface area contributed by atoms with Crippen LogP contribution in [0.4, 0.5) is 0 Å². The first-order chi connectivity index (χ1) is 11.7. The maximum absolute atomic E-state index is 13.0. The van der Waals surface area contributed by atoms with Crippen molar-refractivity contribution in [3.63, 3.8) is 0 Å². The monoisotopic (exact) mass is 325 g/mol. The Morgan fingerprint density at radius 3 is 2.79 bits per heavy atom. The van der Waals surface area contributed by atoms with Crippen molar-refractivity contribution in [3.8, 4) is 0 Å². The molecule has 1 aromatic carbocycles. The third-order valence-corrected chi connectivity index (χ3v) is 4.86. The number of fused-ring (bicyclic) bond motifs is 1. The fourth-order valence-corrected chi connectivity index (χ4v) is 3.65. The van der Waals surface area contributed by atoms with Crippen LogP contribution < -0.4 is 0 Å². The molecule has 3 rings (SSSR count). The average molecular weight is 325 g/mol. The van der Waals surface area contributed by atoms with Crippen molar-refractivity contribution >= 4 is 5.91 Å². The fraction of sp³-hybridized carbons (Fsp3) is 0.500. The summed E-state index contributed by atoms with van der Waals surface area (Å²) in [5, 5.41) is 7.27. The van der Waals surface area contributed by atoms with Crippen LogP contribution in [0.3, 0.4) is 0 Å². The zero-order valence-corrected chi connectivity index (χ0v) is 14.7. The first-order valence-corrected chi connectivity index (χ1v) is 9.15. The standard InChI is InChI=1S/C20H27N3O/c1-3-7-17-14-19(22-21-17)20(24)23(12-4-2)18-11-10-15-8-5-6-9-16(15)13-18/h5-6,8-9,14,18H,3-4,7,10-13H2,1-2H3,(H,21,22)/t18-/m1/s1. The minimum atomic E-state index is 0.0693. The number of aromatic nitrogens is 2. The van der Waals surface area contributed by atoms with Crippen LogP contribution in [0.2, 0.25) is 0 Å². The van der Waals surface area contributed by atoms with Crippen molar-refractivity contribution in [2.45, 2.75) is 58.4 Å². The van der Waals surface area contributed by atoms with Crippen LogP contribution in [0.5, 0.6) is 0 Å². The molecule has 1 amide bonds. The van der Waals surface area contributed by atoms with Crippen LogP contribution >= 0.6 is 0 Å². The third kappa shape index (κ3) is 3.53. The minimum Gasteiger partial charge on any atom is -0.334 e.